The molecule has 0 radical (unpaired) electrons. The van der Waals surface area contributed by atoms with E-state index in [1.165, 1.54) is 42.7 Å². The van der Waals surface area contributed by atoms with Crippen molar-refractivity contribution in [2.45, 2.75) is 13.2 Å². The molecule has 2 heterocycles. The highest BCUT2D eigenvalue weighted by Gasteiger charge is 2.19. The molecule has 0 bridgehead atoms. The first-order valence-electron chi connectivity index (χ1n) is 8.89. The Labute approximate surface area is 168 Å². The summed E-state index contributed by atoms with van der Waals surface area (Å²) < 4.78 is 37.8. The zero-order chi connectivity index (χ0) is 21.1. The van der Waals surface area contributed by atoms with E-state index >= 15 is 0 Å². The molecule has 0 saturated carbocycles. The molecule has 9 heteroatoms. The van der Waals surface area contributed by atoms with Crippen LogP contribution in [0.5, 0.6) is 0 Å². The summed E-state index contributed by atoms with van der Waals surface area (Å²) in [5.41, 5.74) is 1.30. The Balaban J connectivity index is 1.43. The van der Waals surface area contributed by atoms with Gasteiger partial charge in [-0.05, 0) is 48.5 Å². The number of imidazole rings is 1. The lowest BCUT2D eigenvalue weighted by Gasteiger charge is -2.09. The number of carbonyl (C=O) groups is 2. The van der Waals surface area contributed by atoms with Crippen LogP contribution in [0.1, 0.15) is 33.3 Å². The number of para-hydroxylation sites is 2. The van der Waals surface area contributed by atoms with Crippen molar-refractivity contribution < 1.29 is 27.5 Å². The number of nitrogens with zero attached hydrogens (tertiary/aromatic N) is 2. The maximum Gasteiger partial charge on any atom is 0.338 e. The van der Waals surface area contributed by atoms with E-state index in [1.54, 1.807) is 24.3 Å². The standard InChI is InChI=1S/C21H15F2N3O4/c22-21(23)26-16-5-2-1-4-15(16)25-18(26)12-30-20(28)13-7-9-14(10-8-13)24-19(27)17-6-3-11-29-17/h1-11,21H,12H2,(H,24,27). The normalized spacial score (nSPS) is 11.0. The zero-order valence-electron chi connectivity index (χ0n) is 15.4. The van der Waals surface area contributed by atoms with Crippen molar-refractivity contribution in [2.75, 3.05) is 5.32 Å². The number of benzene rings is 2. The molecule has 1 N–H and O–H groups in total. The summed E-state index contributed by atoms with van der Waals surface area (Å²) in [6.07, 6.45) is 1.39. The summed E-state index contributed by atoms with van der Waals surface area (Å²) in [7, 11) is 0. The predicted octanol–water partition coefficient (Wildman–Crippen LogP) is 4.63. The first kappa shape index (κ1) is 19.3. The van der Waals surface area contributed by atoms with E-state index in [0.717, 1.165) is 4.57 Å². The average Bonchev–Trinajstić information content (AvgIpc) is 3.40. The van der Waals surface area contributed by atoms with Gasteiger partial charge in [0.25, 0.3) is 5.91 Å². The molecule has 30 heavy (non-hydrogen) atoms. The van der Waals surface area contributed by atoms with Gasteiger partial charge in [-0.15, -0.1) is 0 Å². The molecule has 4 rings (SSSR count). The molecule has 7 nitrogen and oxygen atoms in total. The Morgan fingerprint density at radius 3 is 2.53 bits per heavy atom. The van der Waals surface area contributed by atoms with Crippen LogP contribution in [0.2, 0.25) is 0 Å². The number of hydrogen-bond acceptors (Lipinski definition) is 5. The number of rotatable bonds is 6. The number of amides is 1. The molecular formula is C21H15F2N3O4. The topological polar surface area (TPSA) is 86.4 Å². The van der Waals surface area contributed by atoms with Crippen LogP contribution in [0.4, 0.5) is 14.5 Å². The Hall–Kier alpha value is -4.01. The third-order valence-corrected chi connectivity index (χ3v) is 4.32. The number of esters is 1. The summed E-state index contributed by atoms with van der Waals surface area (Å²) in [6, 6.07) is 15.5. The van der Waals surface area contributed by atoms with Crippen molar-refractivity contribution in [2.24, 2.45) is 0 Å². The highest BCUT2D eigenvalue weighted by Crippen LogP contribution is 2.23. The molecule has 152 valence electrons. The molecule has 0 aliphatic heterocycles. The fourth-order valence-corrected chi connectivity index (χ4v) is 2.92. The Morgan fingerprint density at radius 2 is 1.83 bits per heavy atom. The van der Waals surface area contributed by atoms with Gasteiger partial charge < -0.3 is 14.5 Å². The Morgan fingerprint density at radius 1 is 1.07 bits per heavy atom. The lowest BCUT2D eigenvalue weighted by molar-refractivity contribution is 0.0387. The smallest absolute Gasteiger partial charge is 0.338 e. The summed E-state index contributed by atoms with van der Waals surface area (Å²) in [5.74, 6) is -1.03. The van der Waals surface area contributed by atoms with E-state index in [2.05, 4.69) is 10.3 Å². The van der Waals surface area contributed by atoms with Crippen LogP contribution in [0.15, 0.2) is 71.3 Å². The van der Waals surface area contributed by atoms with Crippen molar-refractivity contribution >= 4 is 28.6 Å². The summed E-state index contributed by atoms with van der Waals surface area (Å²) in [5, 5.41) is 2.62. The van der Waals surface area contributed by atoms with Gasteiger partial charge in [0, 0.05) is 5.69 Å². The van der Waals surface area contributed by atoms with Crippen molar-refractivity contribution in [3.63, 3.8) is 0 Å². The maximum atomic E-state index is 13.4. The van der Waals surface area contributed by atoms with Gasteiger partial charge in [-0.2, -0.15) is 8.78 Å². The second-order valence-corrected chi connectivity index (χ2v) is 6.25. The van der Waals surface area contributed by atoms with Gasteiger partial charge in [-0.3, -0.25) is 9.36 Å². The van der Waals surface area contributed by atoms with Gasteiger partial charge in [0.05, 0.1) is 22.9 Å². The van der Waals surface area contributed by atoms with Gasteiger partial charge >= 0.3 is 12.5 Å². The number of fused-ring (bicyclic) bond motifs is 1. The number of alkyl halides is 2. The molecule has 0 unspecified atom stereocenters. The summed E-state index contributed by atoms with van der Waals surface area (Å²) in [6.45, 7) is -3.22. The lowest BCUT2D eigenvalue weighted by atomic mass is 10.2. The minimum absolute atomic E-state index is 0.0538. The molecule has 0 aliphatic rings. The van der Waals surface area contributed by atoms with Gasteiger partial charge in [0.1, 0.15) is 6.61 Å². The molecule has 0 saturated heterocycles. The second kappa shape index (κ2) is 8.16. The van der Waals surface area contributed by atoms with E-state index in [-0.39, 0.29) is 22.7 Å². The van der Waals surface area contributed by atoms with Gasteiger partial charge in [-0.1, -0.05) is 12.1 Å². The molecule has 0 aliphatic carbocycles. The zero-order valence-corrected chi connectivity index (χ0v) is 15.4. The van der Waals surface area contributed by atoms with E-state index in [4.69, 9.17) is 9.15 Å². The first-order chi connectivity index (χ1) is 14.5. The molecule has 4 aromatic rings. The molecule has 0 fully saturated rings. The second-order valence-electron chi connectivity index (χ2n) is 6.25. The van der Waals surface area contributed by atoms with Crippen molar-refractivity contribution in [1.29, 1.82) is 0 Å². The molecular weight excluding hydrogens is 396 g/mol. The van der Waals surface area contributed by atoms with Crippen molar-refractivity contribution in [1.82, 2.24) is 9.55 Å². The van der Waals surface area contributed by atoms with E-state index < -0.39 is 25.0 Å². The first-order valence-corrected chi connectivity index (χ1v) is 8.89. The lowest BCUT2D eigenvalue weighted by Crippen LogP contribution is -2.12. The maximum absolute atomic E-state index is 13.4. The number of halogens is 2. The van der Waals surface area contributed by atoms with Crippen LogP contribution in [0, 0.1) is 0 Å². The van der Waals surface area contributed by atoms with Crippen LogP contribution in [-0.2, 0) is 11.3 Å². The number of nitrogens with one attached hydrogen (secondary N) is 1. The number of furan rings is 1. The Bertz CT molecular complexity index is 1180. The third-order valence-electron chi connectivity index (χ3n) is 4.32. The van der Waals surface area contributed by atoms with E-state index in [1.807, 2.05) is 0 Å². The largest absolute Gasteiger partial charge is 0.459 e. The van der Waals surface area contributed by atoms with Crippen LogP contribution in [0.25, 0.3) is 11.0 Å². The molecule has 0 spiro atoms. The fraction of sp³-hybridized carbons (Fsp3) is 0.0952. The van der Waals surface area contributed by atoms with E-state index in [0.29, 0.717) is 11.2 Å². The Kier molecular flexibility index (Phi) is 5.25. The van der Waals surface area contributed by atoms with Crippen LogP contribution >= 0.6 is 0 Å². The number of hydrogen-bond donors (Lipinski definition) is 1. The van der Waals surface area contributed by atoms with Gasteiger partial charge in [-0.25, -0.2) is 9.78 Å². The van der Waals surface area contributed by atoms with Crippen LogP contribution in [-0.4, -0.2) is 21.4 Å². The third kappa shape index (κ3) is 3.90. The number of aromatic nitrogens is 2. The summed E-state index contributed by atoms with van der Waals surface area (Å²) >= 11 is 0. The molecule has 2 aromatic carbocycles. The van der Waals surface area contributed by atoms with Gasteiger partial charge in [0.2, 0.25) is 0 Å². The van der Waals surface area contributed by atoms with Gasteiger partial charge in [0.15, 0.2) is 11.6 Å². The SMILES string of the molecule is O=C(OCc1nc2ccccc2n1C(F)F)c1ccc(NC(=O)c2ccco2)cc1. The minimum atomic E-state index is -2.82. The number of ether oxygens (including phenoxy) is 1. The highest BCUT2D eigenvalue weighted by atomic mass is 19.3. The number of carbonyl (C=O) groups excluding carboxylic acids is 2. The van der Waals surface area contributed by atoms with Crippen molar-refractivity contribution in [3.8, 4) is 0 Å². The van der Waals surface area contributed by atoms with Crippen LogP contribution < -0.4 is 5.32 Å². The average molecular weight is 411 g/mol. The minimum Gasteiger partial charge on any atom is -0.459 e. The molecule has 0 atom stereocenters. The monoisotopic (exact) mass is 411 g/mol. The fourth-order valence-electron chi connectivity index (χ4n) is 2.92. The predicted molar refractivity (Wildman–Crippen MR) is 103 cm³/mol. The highest BCUT2D eigenvalue weighted by molar-refractivity contribution is 6.02. The number of anilines is 1. The molecule has 1 amide bonds. The van der Waals surface area contributed by atoms with Crippen LogP contribution in [0.3, 0.4) is 0 Å². The molecule has 2 aromatic heterocycles. The quantitative estimate of drug-likeness (QED) is 0.468. The van der Waals surface area contributed by atoms with E-state index in [9.17, 15) is 18.4 Å². The van der Waals surface area contributed by atoms with Crippen molar-refractivity contribution in [3.05, 3.63) is 84.1 Å². The summed E-state index contributed by atoms with van der Waals surface area (Å²) in [4.78, 5) is 28.4.